The third-order valence-electron chi connectivity index (χ3n) is 4.42. The molecule has 4 heteroatoms. The van der Waals surface area contributed by atoms with Gasteiger partial charge in [-0.3, -0.25) is 4.79 Å². The number of hydrogen-bond donors (Lipinski definition) is 0. The molecule has 0 aliphatic carbocycles. The summed E-state index contributed by atoms with van der Waals surface area (Å²) in [5.74, 6) is 12.0. The van der Waals surface area contributed by atoms with Crippen molar-refractivity contribution in [2.24, 2.45) is 0 Å². The Kier molecular flexibility index (Phi) is 14.4. The molecule has 0 aromatic heterocycles. The molecule has 0 aliphatic rings. The zero-order valence-electron chi connectivity index (χ0n) is 18.2. The quantitative estimate of drug-likeness (QED) is 0.307. The van der Waals surface area contributed by atoms with Crippen molar-refractivity contribution in [2.45, 2.75) is 50.7 Å². The highest BCUT2D eigenvalue weighted by atomic mass is 16.5. The number of aryl methyl sites for hydroxylation is 1. The Hall–Kier alpha value is -2.79. The molecule has 0 spiro atoms. The van der Waals surface area contributed by atoms with Crippen LogP contribution in [-0.2, 0) is 25.4 Å². The second-order valence-electron chi connectivity index (χ2n) is 6.52. The molecule has 0 bridgehead atoms. The molecule has 1 aromatic rings. The van der Waals surface area contributed by atoms with Crippen LogP contribution in [0, 0.1) is 23.7 Å². The minimum absolute atomic E-state index is 0.124. The molecule has 30 heavy (non-hydrogen) atoms. The monoisotopic (exact) mass is 408 g/mol. The van der Waals surface area contributed by atoms with Crippen molar-refractivity contribution in [1.82, 2.24) is 0 Å². The molecule has 0 heterocycles. The number of rotatable bonds is 11. The van der Waals surface area contributed by atoms with Gasteiger partial charge in [-0.25, -0.2) is 0 Å². The maximum Gasteiger partial charge on any atom is 0.305 e. The van der Waals surface area contributed by atoms with Crippen molar-refractivity contribution in [3.63, 3.8) is 0 Å². The summed E-state index contributed by atoms with van der Waals surface area (Å²) in [4.78, 5) is 11.2. The lowest BCUT2D eigenvalue weighted by atomic mass is 10.1. The maximum atomic E-state index is 11.2. The van der Waals surface area contributed by atoms with E-state index >= 15 is 0 Å². The molecule has 0 saturated heterocycles. The van der Waals surface area contributed by atoms with Gasteiger partial charge in [0.25, 0.3) is 0 Å². The molecule has 0 saturated carbocycles. The van der Waals surface area contributed by atoms with Crippen LogP contribution in [0.15, 0.2) is 54.6 Å². The van der Waals surface area contributed by atoms with Crippen molar-refractivity contribution in [1.29, 1.82) is 0 Å². The summed E-state index contributed by atoms with van der Waals surface area (Å²) in [5.41, 5.74) is 1.31. The maximum absolute atomic E-state index is 11.2. The number of ether oxygens (including phenoxy) is 3. The highest BCUT2D eigenvalue weighted by Crippen LogP contribution is 2.13. The van der Waals surface area contributed by atoms with Crippen LogP contribution in [0.2, 0.25) is 0 Å². The van der Waals surface area contributed by atoms with Gasteiger partial charge in [0.15, 0.2) is 0 Å². The number of methoxy groups -OCH3 is 3. The van der Waals surface area contributed by atoms with Crippen molar-refractivity contribution in [2.75, 3.05) is 21.3 Å². The van der Waals surface area contributed by atoms with E-state index in [-0.39, 0.29) is 18.2 Å². The van der Waals surface area contributed by atoms with E-state index in [1.165, 1.54) is 12.7 Å². The van der Waals surface area contributed by atoms with Crippen molar-refractivity contribution in [3.8, 4) is 23.7 Å². The Morgan fingerprint density at radius 2 is 1.83 bits per heavy atom. The van der Waals surface area contributed by atoms with E-state index in [9.17, 15) is 4.79 Å². The van der Waals surface area contributed by atoms with Crippen LogP contribution in [-0.4, -0.2) is 39.5 Å². The smallest absolute Gasteiger partial charge is 0.305 e. The molecule has 0 fully saturated rings. The van der Waals surface area contributed by atoms with Gasteiger partial charge in [-0.1, -0.05) is 66.3 Å². The number of allylic oxidation sites excluding steroid dienone is 3. The summed E-state index contributed by atoms with van der Waals surface area (Å²) in [6, 6.07) is 10.3. The molecular formula is C26H32O4. The predicted octanol–water partition coefficient (Wildman–Crippen LogP) is 4.50. The van der Waals surface area contributed by atoms with Gasteiger partial charge >= 0.3 is 5.97 Å². The highest BCUT2D eigenvalue weighted by Gasteiger charge is 2.18. The molecule has 0 radical (unpaired) electrons. The number of carbonyl (C=O) groups is 1. The van der Waals surface area contributed by atoms with Gasteiger partial charge in [0.05, 0.1) is 19.6 Å². The second-order valence-corrected chi connectivity index (χ2v) is 6.52. The third-order valence-corrected chi connectivity index (χ3v) is 4.42. The van der Waals surface area contributed by atoms with E-state index in [0.29, 0.717) is 25.7 Å². The van der Waals surface area contributed by atoms with E-state index in [1.54, 1.807) is 20.3 Å². The second kappa shape index (κ2) is 17.1. The molecule has 1 unspecified atom stereocenters. The minimum atomic E-state index is -0.211. The van der Waals surface area contributed by atoms with Crippen molar-refractivity contribution >= 4 is 5.97 Å². The van der Waals surface area contributed by atoms with Gasteiger partial charge in [-0.15, -0.1) is 5.92 Å². The molecule has 0 aliphatic heterocycles. The minimum Gasteiger partial charge on any atom is -0.469 e. The summed E-state index contributed by atoms with van der Waals surface area (Å²) >= 11 is 0. The fraction of sp³-hybridized carbons (Fsp3) is 0.423. The standard InChI is InChI=1S/C26H32O4/c1-28-24(25(29-2)21-16-22-26(27)30-3)20-15-10-8-6-4-5-7-9-12-17-23-18-13-11-14-19-23/h8,10-11,13-15,18-20,24-25H,5,12,16-17,21-22H2,1-3H3/b10-8+,20-15+/t24?,25-/m0/s1. The Morgan fingerprint density at radius 1 is 1.03 bits per heavy atom. The first-order chi connectivity index (χ1) is 14.7. The van der Waals surface area contributed by atoms with Crippen LogP contribution >= 0.6 is 0 Å². The van der Waals surface area contributed by atoms with Crippen molar-refractivity contribution in [3.05, 3.63) is 60.2 Å². The Bertz CT molecular complexity index is 772. The normalized spacial score (nSPS) is 12.6. The van der Waals surface area contributed by atoms with E-state index in [1.807, 2.05) is 36.4 Å². The lowest BCUT2D eigenvalue weighted by Gasteiger charge is -2.22. The van der Waals surface area contributed by atoms with Crippen LogP contribution in [0.5, 0.6) is 0 Å². The van der Waals surface area contributed by atoms with Crippen LogP contribution in [0.4, 0.5) is 0 Å². The van der Waals surface area contributed by atoms with Gasteiger partial charge < -0.3 is 14.2 Å². The van der Waals surface area contributed by atoms with Crippen LogP contribution < -0.4 is 0 Å². The van der Waals surface area contributed by atoms with Gasteiger partial charge in [0.2, 0.25) is 0 Å². The first kappa shape index (κ1) is 25.2. The predicted molar refractivity (Wildman–Crippen MR) is 121 cm³/mol. The van der Waals surface area contributed by atoms with Gasteiger partial charge in [-0.05, 0) is 30.9 Å². The van der Waals surface area contributed by atoms with Crippen molar-refractivity contribution < 1.29 is 19.0 Å². The Morgan fingerprint density at radius 3 is 2.53 bits per heavy atom. The lowest BCUT2D eigenvalue weighted by molar-refractivity contribution is -0.140. The molecule has 2 atom stereocenters. The number of benzene rings is 1. The van der Waals surface area contributed by atoms with Gasteiger partial charge in [0, 0.05) is 27.1 Å². The largest absolute Gasteiger partial charge is 0.469 e. The fourth-order valence-corrected chi connectivity index (χ4v) is 2.75. The van der Waals surface area contributed by atoms with E-state index in [2.05, 4.69) is 40.6 Å². The third kappa shape index (κ3) is 11.9. The highest BCUT2D eigenvalue weighted by molar-refractivity contribution is 5.68. The summed E-state index contributed by atoms with van der Waals surface area (Å²) < 4.78 is 15.6. The molecule has 0 N–H and O–H groups in total. The average Bonchev–Trinajstić information content (AvgIpc) is 2.78. The summed E-state index contributed by atoms with van der Waals surface area (Å²) in [6.07, 6.45) is 11.3. The average molecular weight is 409 g/mol. The topological polar surface area (TPSA) is 44.8 Å². The summed E-state index contributed by atoms with van der Waals surface area (Å²) in [7, 11) is 4.68. The Labute approximate surface area is 181 Å². The number of hydrogen-bond acceptors (Lipinski definition) is 4. The number of carbonyl (C=O) groups excluding carboxylic acids is 1. The molecule has 1 rings (SSSR count). The summed E-state index contributed by atoms with van der Waals surface area (Å²) in [6.45, 7) is 0. The molecule has 160 valence electrons. The van der Waals surface area contributed by atoms with Crippen LogP contribution in [0.1, 0.15) is 37.7 Å². The lowest BCUT2D eigenvalue weighted by Crippen LogP contribution is -2.28. The van der Waals surface area contributed by atoms with Gasteiger partial charge in [0.1, 0.15) is 6.10 Å². The molecule has 4 nitrogen and oxygen atoms in total. The molecule has 1 aromatic carbocycles. The Balaban J connectivity index is 2.32. The number of esters is 1. The fourth-order valence-electron chi connectivity index (χ4n) is 2.75. The van der Waals surface area contributed by atoms with E-state index < -0.39 is 0 Å². The van der Waals surface area contributed by atoms with Crippen LogP contribution in [0.25, 0.3) is 0 Å². The SMILES string of the molecule is COC(=O)CCC[C@H](OC)C(/C=C/C=C/C#CCC#CCCc1ccccc1)OC. The van der Waals surface area contributed by atoms with Gasteiger partial charge in [-0.2, -0.15) is 0 Å². The first-order valence-electron chi connectivity index (χ1n) is 10.1. The molecule has 0 amide bonds. The van der Waals surface area contributed by atoms with E-state index in [0.717, 1.165) is 12.8 Å². The first-order valence-corrected chi connectivity index (χ1v) is 10.1. The van der Waals surface area contributed by atoms with Crippen LogP contribution in [0.3, 0.4) is 0 Å². The zero-order chi connectivity index (χ0) is 21.9. The molecular weight excluding hydrogens is 376 g/mol. The van der Waals surface area contributed by atoms with E-state index in [4.69, 9.17) is 9.47 Å². The zero-order valence-corrected chi connectivity index (χ0v) is 18.2. The summed E-state index contributed by atoms with van der Waals surface area (Å²) in [5, 5.41) is 0.